The van der Waals surface area contributed by atoms with Crippen molar-refractivity contribution in [3.05, 3.63) is 47.7 Å². The summed E-state index contributed by atoms with van der Waals surface area (Å²) in [4.78, 5) is 15.7. The zero-order chi connectivity index (χ0) is 15.0. The Labute approximate surface area is 120 Å². The van der Waals surface area contributed by atoms with Crippen molar-refractivity contribution in [3.63, 3.8) is 0 Å². The maximum Gasteiger partial charge on any atom is 0.358 e. The molecule has 3 aromatic rings. The first kappa shape index (κ1) is 13.3. The summed E-state index contributed by atoms with van der Waals surface area (Å²) in [6, 6.07) is 5.76. The lowest BCUT2D eigenvalue weighted by atomic mass is 10.1. The molecule has 3 rings (SSSR count). The lowest BCUT2D eigenvalue weighted by Gasteiger charge is -2.08. The lowest BCUT2D eigenvalue weighted by molar-refractivity contribution is 0.0688. The maximum absolute atomic E-state index is 11.2. The quantitative estimate of drug-likeness (QED) is 0.790. The number of carbonyl (C=O) groups is 1. The molecule has 0 saturated heterocycles. The van der Waals surface area contributed by atoms with Crippen LogP contribution in [0, 0.1) is 0 Å². The van der Waals surface area contributed by atoms with Gasteiger partial charge in [-0.05, 0) is 18.1 Å². The van der Waals surface area contributed by atoms with E-state index < -0.39 is 5.97 Å². The van der Waals surface area contributed by atoms with Gasteiger partial charge in [0.05, 0.1) is 17.9 Å². The number of nitrogens with zero attached hydrogens (tertiary/aromatic N) is 5. The van der Waals surface area contributed by atoms with Crippen molar-refractivity contribution in [3.8, 4) is 0 Å². The molecule has 0 radical (unpaired) electrons. The summed E-state index contributed by atoms with van der Waals surface area (Å²) >= 11 is 0. The highest BCUT2D eigenvalue weighted by atomic mass is 16.4. The summed E-state index contributed by atoms with van der Waals surface area (Å²) in [6.07, 6.45) is 3.82. The topological polar surface area (TPSA) is 85.3 Å². The van der Waals surface area contributed by atoms with Gasteiger partial charge in [-0.25, -0.2) is 14.5 Å². The highest BCUT2D eigenvalue weighted by Crippen LogP contribution is 2.18. The lowest BCUT2D eigenvalue weighted by Crippen LogP contribution is -2.11. The van der Waals surface area contributed by atoms with Gasteiger partial charge < -0.3 is 9.51 Å². The van der Waals surface area contributed by atoms with Gasteiger partial charge in [-0.2, -0.15) is 0 Å². The van der Waals surface area contributed by atoms with Crippen molar-refractivity contribution in [1.29, 1.82) is 0 Å². The zero-order valence-corrected chi connectivity index (χ0v) is 11.8. The first-order valence-electron chi connectivity index (χ1n) is 6.65. The number of hydrogen-bond donors (Lipinski definition) is 1. The van der Waals surface area contributed by atoms with E-state index in [4.69, 9.17) is 0 Å². The van der Waals surface area contributed by atoms with E-state index in [1.54, 1.807) is 4.68 Å². The van der Waals surface area contributed by atoms with E-state index in [-0.39, 0.29) is 11.6 Å². The van der Waals surface area contributed by atoms with Crippen molar-refractivity contribution in [2.75, 3.05) is 0 Å². The highest BCUT2D eigenvalue weighted by molar-refractivity contribution is 5.86. The summed E-state index contributed by atoms with van der Waals surface area (Å²) in [5, 5.41) is 16.9. The van der Waals surface area contributed by atoms with Gasteiger partial charge >= 0.3 is 5.97 Å². The van der Waals surface area contributed by atoms with Crippen LogP contribution in [0.1, 0.15) is 41.6 Å². The van der Waals surface area contributed by atoms with Crippen molar-refractivity contribution < 1.29 is 9.90 Å². The Hall–Kier alpha value is -2.70. The fraction of sp³-hybridized carbons (Fsp3) is 0.286. The molecule has 7 heteroatoms. The molecular formula is C14H15N5O2. The monoisotopic (exact) mass is 285 g/mol. The van der Waals surface area contributed by atoms with Crippen LogP contribution in [0.3, 0.4) is 0 Å². The Kier molecular flexibility index (Phi) is 3.17. The van der Waals surface area contributed by atoms with Crippen LogP contribution in [0.15, 0.2) is 30.6 Å². The van der Waals surface area contributed by atoms with Crippen LogP contribution in [0.4, 0.5) is 0 Å². The molecule has 3 heterocycles. The van der Waals surface area contributed by atoms with Gasteiger partial charge in [-0.15, -0.1) is 5.10 Å². The molecule has 0 saturated carbocycles. The molecule has 0 unspecified atom stereocenters. The Morgan fingerprint density at radius 1 is 1.38 bits per heavy atom. The Morgan fingerprint density at radius 2 is 2.19 bits per heavy atom. The molecule has 21 heavy (non-hydrogen) atoms. The second-order valence-electron chi connectivity index (χ2n) is 5.14. The van der Waals surface area contributed by atoms with E-state index in [2.05, 4.69) is 15.3 Å². The second-order valence-corrected chi connectivity index (χ2v) is 5.14. The number of carboxylic acids is 1. The third-order valence-electron chi connectivity index (χ3n) is 3.25. The number of rotatable bonds is 4. The summed E-state index contributed by atoms with van der Waals surface area (Å²) in [7, 11) is 0. The molecule has 0 fully saturated rings. The number of hydrogen-bond acceptors (Lipinski definition) is 4. The molecule has 7 nitrogen and oxygen atoms in total. The predicted molar refractivity (Wildman–Crippen MR) is 75.4 cm³/mol. The fourth-order valence-electron chi connectivity index (χ4n) is 2.38. The Morgan fingerprint density at radius 3 is 2.86 bits per heavy atom. The Balaban J connectivity index is 1.99. The van der Waals surface area contributed by atoms with Crippen LogP contribution in [0.2, 0.25) is 0 Å². The van der Waals surface area contributed by atoms with Gasteiger partial charge in [0, 0.05) is 12.4 Å². The molecule has 0 spiro atoms. The average Bonchev–Trinajstić information content (AvgIpc) is 3.01. The van der Waals surface area contributed by atoms with Gasteiger partial charge in [0.15, 0.2) is 5.69 Å². The number of pyridine rings is 1. The summed E-state index contributed by atoms with van der Waals surface area (Å²) in [5.74, 6) is -1.04. The minimum atomic E-state index is -1.06. The predicted octanol–water partition coefficient (Wildman–Crippen LogP) is 1.80. The number of aromatic nitrogens is 5. The molecule has 0 amide bonds. The van der Waals surface area contributed by atoms with Crippen LogP contribution >= 0.6 is 0 Å². The highest BCUT2D eigenvalue weighted by Gasteiger charge is 2.21. The van der Waals surface area contributed by atoms with Crippen molar-refractivity contribution >= 4 is 11.6 Å². The van der Waals surface area contributed by atoms with Gasteiger partial charge in [-0.1, -0.05) is 25.1 Å². The molecule has 0 aliphatic heterocycles. The average molecular weight is 285 g/mol. The first-order chi connectivity index (χ1) is 10.1. The molecule has 0 aliphatic rings. The normalized spacial score (nSPS) is 11.4. The zero-order valence-electron chi connectivity index (χ0n) is 11.8. The Bertz CT molecular complexity index is 770. The molecule has 0 aliphatic carbocycles. The number of imidazole rings is 1. The summed E-state index contributed by atoms with van der Waals surface area (Å²) < 4.78 is 3.52. The van der Waals surface area contributed by atoms with Gasteiger partial charge in [0.2, 0.25) is 0 Å². The van der Waals surface area contributed by atoms with Crippen LogP contribution in [0.25, 0.3) is 5.65 Å². The molecule has 108 valence electrons. The van der Waals surface area contributed by atoms with Crippen LogP contribution in [-0.4, -0.2) is 35.5 Å². The molecule has 1 N–H and O–H groups in total. The SMILES string of the molecule is CC(C)c1c(C(=O)O)nnn1Cc1cn2ccccc2n1. The number of carboxylic acid groups (broad SMARTS) is 1. The molecule has 0 aromatic carbocycles. The minimum absolute atomic E-state index is 0.00811. The molecule has 0 atom stereocenters. The molecule has 3 aromatic heterocycles. The van der Waals surface area contributed by atoms with Crippen molar-refractivity contribution in [1.82, 2.24) is 24.4 Å². The van der Waals surface area contributed by atoms with Gasteiger partial charge in [-0.3, -0.25) is 0 Å². The van der Waals surface area contributed by atoms with Gasteiger partial charge in [0.25, 0.3) is 0 Å². The second kappa shape index (κ2) is 5.01. The third-order valence-corrected chi connectivity index (χ3v) is 3.25. The smallest absolute Gasteiger partial charge is 0.358 e. The van der Waals surface area contributed by atoms with E-state index in [0.29, 0.717) is 12.2 Å². The van der Waals surface area contributed by atoms with Gasteiger partial charge in [0.1, 0.15) is 5.65 Å². The van der Waals surface area contributed by atoms with Crippen LogP contribution in [-0.2, 0) is 6.54 Å². The maximum atomic E-state index is 11.2. The van der Waals surface area contributed by atoms with Crippen molar-refractivity contribution in [2.24, 2.45) is 0 Å². The van der Waals surface area contributed by atoms with Crippen LogP contribution in [0.5, 0.6) is 0 Å². The molecule has 0 bridgehead atoms. The minimum Gasteiger partial charge on any atom is -0.476 e. The third kappa shape index (κ3) is 2.37. The number of aromatic carboxylic acids is 1. The summed E-state index contributed by atoms with van der Waals surface area (Å²) in [6.45, 7) is 4.24. The molecular weight excluding hydrogens is 270 g/mol. The summed E-state index contributed by atoms with van der Waals surface area (Å²) in [5.41, 5.74) is 2.27. The largest absolute Gasteiger partial charge is 0.476 e. The van der Waals surface area contributed by atoms with Crippen molar-refractivity contribution in [2.45, 2.75) is 26.3 Å². The van der Waals surface area contributed by atoms with E-state index >= 15 is 0 Å². The standard InChI is InChI=1S/C14H15N5O2/c1-9(2)13-12(14(20)21)16-17-19(13)8-10-7-18-6-4-3-5-11(18)15-10/h3-7,9H,8H2,1-2H3,(H,20,21). The van der Waals surface area contributed by atoms with Crippen LogP contribution < -0.4 is 0 Å². The van der Waals surface area contributed by atoms with E-state index in [1.165, 1.54) is 0 Å². The fourth-order valence-corrected chi connectivity index (χ4v) is 2.38. The van der Waals surface area contributed by atoms with E-state index in [9.17, 15) is 9.90 Å². The first-order valence-corrected chi connectivity index (χ1v) is 6.65. The van der Waals surface area contributed by atoms with E-state index in [0.717, 1.165) is 11.3 Å². The number of fused-ring (bicyclic) bond motifs is 1. The van der Waals surface area contributed by atoms with E-state index in [1.807, 2.05) is 48.8 Å².